The number of rotatable bonds is 8. The zero-order chi connectivity index (χ0) is 13.2. The van der Waals surface area contributed by atoms with Gasteiger partial charge in [-0.25, -0.2) is 4.39 Å². The molecule has 0 amide bonds. The highest BCUT2D eigenvalue weighted by molar-refractivity contribution is 7.99. The summed E-state index contributed by atoms with van der Waals surface area (Å²) < 4.78 is 22.8. The fraction of sp³-hybridized carbons (Fsp3) is 0.462. The maximum Gasteiger partial charge on any atom is 0.315 e. The Kier molecular flexibility index (Phi) is 7.25. The molecule has 0 aliphatic carbocycles. The van der Waals surface area contributed by atoms with Crippen LogP contribution >= 0.6 is 11.8 Å². The second-order valence-electron chi connectivity index (χ2n) is 3.51. The molecule has 0 radical (unpaired) electrons. The topological polar surface area (TPSA) is 35.5 Å². The summed E-state index contributed by atoms with van der Waals surface area (Å²) >= 11 is 1.52. The highest BCUT2D eigenvalue weighted by Gasteiger charge is 2.01. The summed E-state index contributed by atoms with van der Waals surface area (Å²) in [5.74, 6) is 1.42. The Morgan fingerprint density at radius 2 is 2.06 bits per heavy atom. The van der Waals surface area contributed by atoms with E-state index in [0.717, 1.165) is 12.2 Å². The molecule has 0 saturated heterocycles. The van der Waals surface area contributed by atoms with Gasteiger partial charge in [-0.15, -0.1) is 0 Å². The molecule has 0 aromatic heterocycles. The Morgan fingerprint density at radius 3 is 2.72 bits per heavy atom. The molecule has 0 heterocycles. The van der Waals surface area contributed by atoms with Gasteiger partial charge in [0.2, 0.25) is 0 Å². The first-order valence-electron chi connectivity index (χ1n) is 5.84. The van der Waals surface area contributed by atoms with Crippen LogP contribution in [0.3, 0.4) is 0 Å². The van der Waals surface area contributed by atoms with E-state index in [4.69, 9.17) is 9.47 Å². The molecule has 0 N–H and O–H groups in total. The van der Waals surface area contributed by atoms with Gasteiger partial charge in [-0.05, 0) is 43.4 Å². The second-order valence-corrected chi connectivity index (χ2v) is 4.62. The van der Waals surface area contributed by atoms with Crippen LogP contribution in [-0.2, 0) is 9.53 Å². The number of thioether (sulfide) groups is 1. The van der Waals surface area contributed by atoms with Crippen molar-refractivity contribution in [2.45, 2.75) is 13.3 Å². The molecule has 3 nitrogen and oxygen atoms in total. The molecule has 100 valence electrons. The maximum atomic E-state index is 12.6. The molecule has 0 aliphatic rings. The molecule has 0 saturated carbocycles. The summed E-state index contributed by atoms with van der Waals surface area (Å²) in [4.78, 5) is 11.0. The number of ether oxygens (including phenoxy) is 2. The molecule has 0 unspecified atom stereocenters. The smallest absolute Gasteiger partial charge is 0.315 e. The lowest BCUT2D eigenvalue weighted by Gasteiger charge is -2.05. The van der Waals surface area contributed by atoms with E-state index >= 15 is 0 Å². The molecular weight excluding hydrogens is 255 g/mol. The lowest BCUT2D eigenvalue weighted by molar-refractivity contribution is -0.139. The van der Waals surface area contributed by atoms with Crippen LogP contribution in [0.25, 0.3) is 0 Å². The number of hydrogen-bond donors (Lipinski definition) is 0. The zero-order valence-electron chi connectivity index (χ0n) is 10.4. The third kappa shape index (κ3) is 6.49. The number of benzene rings is 1. The van der Waals surface area contributed by atoms with Crippen molar-refractivity contribution in [3.8, 4) is 5.75 Å². The van der Waals surface area contributed by atoms with E-state index in [-0.39, 0.29) is 11.8 Å². The molecule has 0 fully saturated rings. The highest BCUT2D eigenvalue weighted by Crippen LogP contribution is 2.12. The van der Waals surface area contributed by atoms with Crippen LogP contribution in [0.5, 0.6) is 5.75 Å². The first-order valence-corrected chi connectivity index (χ1v) is 6.99. The molecule has 0 bridgehead atoms. The average Bonchev–Trinajstić information content (AvgIpc) is 2.36. The Hall–Kier alpha value is -1.23. The van der Waals surface area contributed by atoms with Crippen molar-refractivity contribution in [1.29, 1.82) is 0 Å². The summed E-state index contributed by atoms with van der Waals surface area (Å²) in [6.45, 7) is 2.77. The van der Waals surface area contributed by atoms with Crippen LogP contribution in [-0.4, -0.2) is 30.7 Å². The summed E-state index contributed by atoms with van der Waals surface area (Å²) in [6.07, 6.45) is 0.835. The summed E-state index contributed by atoms with van der Waals surface area (Å²) in [6, 6.07) is 5.93. The van der Waals surface area contributed by atoms with Gasteiger partial charge < -0.3 is 9.47 Å². The minimum atomic E-state index is -0.271. The summed E-state index contributed by atoms with van der Waals surface area (Å²) in [5, 5.41) is 0. The van der Waals surface area contributed by atoms with E-state index in [2.05, 4.69) is 0 Å². The molecule has 1 rings (SSSR count). The largest absolute Gasteiger partial charge is 0.494 e. The number of hydrogen-bond acceptors (Lipinski definition) is 4. The Balaban J connectivity index is 2.02. The zero-order valence-corrected chi connectivity index (χ0v) is 11.2. The minimum absolute atomic E-state index is 0.179. The summed E-state index contributed by atoms with van der Waals surface area (Å²) in [5.41, 5.74) is 0. The van der Waals surface area contributed by atoms with Crippen molar-refractivity contribution in [2.75, 3.05) is 24.7 Å². The van der Waals surface area contributed by atoms with Gasteiger partial charge in [-0.1, -0.05) is 0 Å². The van der Waals surface area contributed by atoms with Crippen molar-refractivity contribution >= 4 is 17.7 Å². The van der Waals surface area contributed by atoms with Crippen LogP contribution in [0.1, 0.15) is 13.3 Å². The number of carbonyl (C=O) groups excluding carboxylic acids is 1. The fourth-order valence-corrected chi connectivity index (χ4v) is 1.96. The number of esters is 1. The van der Waals surface area contributed by atoms with Gasteiger partial charge >= 0.3 is 5.97 Å². The fourth-order valence-electron chi connectivity index (χ4n) is 1.24. The van der Waals surface area contributed by atoms with Crippen LogP contribution in [0, 0.1) is 5.82 Å². The van der Waals surface area contributed by atoms with Gasteiger partial charge in [0.05, 0.1) is 19.0 Å². The molecule has 5 heteroatoms. The molecular formula is C13H17FO3S. The van der Waals surface area contributed by atoms with E-state index in [1.807, 2.05) is 0 Å². The normalized spacial score (nSPS) is 10.1. The van der Waals surface area contributed by atoms with Gasteiger partial charge in [0.1, 0.15) is 11.6 Å². The van der Waals surface area contributed by atoms with Crippen LogP contribution in [0.15, 0.2) is 24.3 Å². The highest BCUT2D eigenvalue weighted by atomic mass is 32.2. The van der Waals surface area contributed by atoms with Crippen molar-refractivity contribution in [3.63, 3.8) is 0 Å². The van der Waals surface area contributed by atoms with Crippen molar-refractivity contribution < 1.29 is 18.7 Å². The number of carbonyl (C=O) groups is 1. The molecule has 18 heavy (non-hydrogen) atoms. The molecule has 1 aromatic carbocycles. The Labute approximate surface area is 111 Å². The van der Waals surface area contributed by atoms with Gasteiger partial charge in [-0.2, -0.15) is 11.8 Å². The van der Waals surface area contributed by atoms with E-state index in [9.17, 15) is 9.18 Å². The van der Waals surface area contributed by atoms with Crippen LogP contribution in [0.2, 0.25) is 0 Å². The maximum absolute atomic E-state index is 12.6. The average molecular weight is 272 g/mol. The molecule has 0 spiro atoms. The van der Waals surface area contributed by atoms with E-state index in [1.54, 1.807) is 19.1 Å². The molecule has 0 aliphatic heterocycles. The first kappa shape index (κ1) is 14.8. The number of halogens is 1. The van der Waals surface area contributed by atoms with Crippen molar-refractivity contribution in [2.24, 2.45) is 0 Å². The quantitative estimate of drug-likeness (QED) is 0.538. The van der Waals surface area contributed by atoms with E-state index in [1.165, 1.54) is 23.9 Å². The first-order chi connectivity index (χ1) is 8.72. The van der Waals surface area contributed by atoms with E-state index < -0.39 is 0 Å². The monoisotopic (exact) mass is 272 g/mol. The third-order valence-corrected chi connectivity index (χ3v) is 3.06. The Morgan fingerprint density at radius 1 is 1.33 bits per heavy atom. The van der Waals surface area contributed by atoms with Gasteiger partial charge in [-0.3, -0.25) is 4.79 Å². The van der Waals surface area contributed by atoms with Crippen molar-refractivity contribution in [3.05, 3.63) is 30.1 Å². The minimum Gasteiger partial charge on any atom is -0.494 e. The standard InChI is InChI=1S/C13H17FO3S/c1-2-16-13(15)10-18-9-3-8-17-12-6-4-11(14)5-7-12/h4-7H,2-3,8-10H2,1H3. The summed E-state index contributed by atoms with van der Waals surface area (Å²) in [7, 11) is 0. The predicted molar refractivity (Wildman–Crippen MR) is 70.5 cm³/mol. The molecule has 0 atom stereocenters. The lowest BCUT2D eigenvalue weighted by atomic mass is 10.3. The van der Waals surface area contributed by atoms with Gasteiger partial charge in [0.25, 0.3) is 0 Å². The van der Waals surface area contributed by atoms with Crippen LogP contribution < -0.4 is 4.74 Å². The Bertz CT molecular complexity index is 354. The van der Waals surface area contributed by atoms with Crippen molar-refractivity contribution in [1.82, 2.24) is 0 Å². The lowest BCUT2D eigenvalue weighted by Crippen LogP contribution is -2.07. The predicted octanol–water partition coefficient (Wildman–Crippen LogP) is 2.89. The molecule has 1 aromatic rings. The van der Waals surface area contributed by atoms with E-state index in [0.29, 0.717) is 24.7 Å². The second kappa shape index (κ2) is 8.80. The third-order valence-electron chi connectivity index (χ3n) is 2.04. The SMILES string of the molecule is CCOC(=O)CSCCCOc1ccc(F)cc1. The van der Waals surface area contributed by atoms with Gasteiger partial charge in [0, 0.05) is 0 Å². The van der Waals surface area contributed by atoms with Gasteiger partial charge in [0.15, 0.2) is 0 Å². The van der Waals surface area contributed by atoms with Crippen LogP contribution in [0.4, 0.5) is 4.39 Å².